The first-order chi connectivity index (χ1) is 8.48. The molecular formula is C15H21NO3. The lowest BCUT2D eigenvalue weighted by Crippen LogP contribution is -2.18. The van der Waals surface area contributed by atoms with Gasteiger partial charge in [0, 0.05) is 0 Å². The molecule has 0 spiro atoms. The molecule has 104 valence electrons. The van der Waals surface area contributed by atoms with Crippen molar-refractivity contribution in [3.8, 4) is 0 Å². The van der Waals surface area contributed by atoms with Crippen LogP contribution in [0.2, 0.25) is 0 Å². The minimum Gasteiger partial charge on any atom is -0.478 e. The summed E-state index contributed by atoms with van der Waals surface area (Å²) in [5.41, 5.74) is 1.23. The molecule has 0 saturated heterocycles. The lowest BCUT2D eigenvalue weighted by molar-refractivity contribution is 0.0696. The first kappa shape index (κ1) is 15.3. The maximum absolute atomic E-state index is 11.3. The number of nitroso groups, excluding NO2 is 1. The highest BCUT2D eigenvalue weighted by Gasteiger charge is 2.28. The van der Waals surface area contributed by atoms with E-state index in [9.17, 15) is 14.8 Å². The van der Waals surface area contributed by atoms with Crippen molar-refractivity contribution >= 4 is 11.7 Å². The molecule has 4 heteroatoms. The molecule has 0 radical (unpaired) electrons. The fraction of sp³-hybridized carbons (Fsp3) is 0.533. The minimum absolute atomic E-state index is 0.197. The van der Waals surface area contributed by atoms with E-state index in [4.69, 9.17) is 0 Å². The van der Waals surface area contributed by atoms with Crippen molar-refractivity contribution in [2.45, 2.75) is 52.4 Å². The number of benzene rings is 1. The Morgan fingerprint density at radius 3 is 1.58 bits per heavy atom. The van der Waals surface area contributed by atoms with Crippen LogP contribution in [0.3, 0.4) is 0 Å². The van der Waals surface area contributed by atoms with Gasteiger partial charge in [-0.3, -0.25) is 0 Å². The molecule has 0 bridgehead atoms. The standard InChI is InChI=1S/C15H21NO3/c1-14(2,3)10-7-9(13(17)18)8-11(12(10)16-19)15(4,5)6/h7-8H,1-6H3,(H,17,18). The third-order valence-electron chi connectivity index (χ3n) is 3.06. The topological polar surface area (TPSA) is 66.7 Å². The maximum Gasteiger partial charge on any atom is 0.335 e. The monoisotopic (exact) mass is 263 g/mol. The summed E-state index contributed by atoms with van der Waals surface area (Å²) in [6.45, 7) is 11.6. The van der Waals surface area contributed by atoms with Crippen molar-refractivity contribution in [2.24, 2.45) is 5.18 Å². The van der Waals surface area contributed by atoms with E-state index >= 15 is 0 Å². The third kappa shape index (κ3) is 3.19. The van der Waals surface area contributed by atoms with Gasteiger partial charge in [-0.1, -0.05) is 41.5 Å². The highest BCUT2D eigenvalue weighted by atomic mass is 16.4. The molecule has 0 aliphatic rings. The van der Waals surface area contributed by atoms with Crippen LogP contribution in [0.1, 0.15) is 63.0 Å². The molecule has 1 rings (SSSR count). The molecule has 0 atom stereocenters. The van der Waals surface area contributed by atoms with E-state index in [0.29, 0.717) is 16.8 Å². The second-order valence-corrected chi connectivity index (χ2v) is 6.82. The molecule has 1 aromatic rings. The van der Waals surface area contributed by atoms with Crippen LogP contribution < -0.4 is 0 Å². The molecule has 19 heavy (non-hydrogen) atoms. The van der Waals surface area contributed by atoms with E-state index in [2.05, 4.69) is 5.18 Å². The second kappa shape index (κ2) is 4.76. The van der Waals surface area contributed by atoms with Gasteiger partial charge in [-0.2, -0.15) is 0 Å². The van der Waals surface area contributed by atoms with Gasteiger partial charge in [-0.05, 0) is 39.3 Å². The van der Waals surface area contributed by atoms with Crippen molar-refractivity contribution in [3.63, 3.8) is 0 Å². The summed E-state index contributed by atoms with van der Waals surface area (Å²) >= 11 is 0. The van der Waals surface area contributed by atoms with E-state index in [1.165, 1.54) is 0 Å². The molecule has 0 amide bonds. The Morgan fingerprint density at radius 1 is 1.00 bits per heavy atom. The molecule has 0 heterocycles. The number of aromatic carboxylic acids is 1. The van der Waals surface area contributed by atoms with Crippen LogP contribution in [0.5, 0.6) is 0 Å². The zero-order valence-electron chi connectivity index (χ0n) is 12.4. The summed E-state index contributed by atoms with van der Waals surface area (Å²) in [4.78, 5) is 22.5. The molecule has 0 saturated carbocycles. The van der Waals surface area contributed by atoms with Gasteiger partial charge in [0.1, 0.15) is 5.69 Å². The Hall–Kier alpha value is -1.71. The Kier molecular flexibility index (Phi) is 3.84. The van der Waals surface area contributed by atoms with Gasteiger partial charge >= 0.3 is 5.97 Å². The van der Waals surface area contributed by atoms with Crippen LogP contribution >= 0.6 is 0 Å². The zero-order chi connectivity index (χ0) is 15.0. The van der Waals surface area contributed by atoms with Crippen LogP contribution in [0.15, 0.2) is 17.3 Å². The Bertz CT molecular complexity index is 484. The van der Waals surface area contributed by atoms with Gasteiger partial charge in [0.25, 0.3) is 0 Å². The van der Waals surface area contributed by atoms with E-state index in [1.807, 2.05) is 41.5 Å². The first-order valence-corrected chi connectivity index (χ1v) is 6.24. The van der Waals surface area contributed by atoms with Crippen LogP contribution in [0, 0.1) is 4.91 Å². The number of hydrogen-bond acceptors (Lipinski definition) is 3. The molecule has 4 nitrogen and oxygen atoms in total. The van der Waals surface area contributed by atoms with Gasteiger partial charge in [0.05, 0.1) is 5.56 Å². The Morgan fingerprint density at radius 2 is 1.37 bits per heavy atom. The van der Waals surface area contributed by atoms with E-state index < -0.39 is 5.97 Å². The first-order valence-electron chi connectivity index (χ1n) is 6.24. The molecule has 1 aromatic carbocycles. The van der Waals surface area contributed by atoms with Crippen molar-refractivity contribution in [2.75, 3.05) is 0 Å². The Labute approximate surface area is 113 Å². The number of carbonyl (C=O) groups is 1. The smallest absolute Gasteiger partial charge is 0.335 e. The van der Waals surface area contributed by atoms with Gasteiger partial charge in [0.2, 0.25) is 0 Å². The third-order valence-corrected chi connectivity index (χ3v) is 3.06. The lowest BCUT2D eigenvalue weighted by Gasteiger charge is -2.27. The van der Waals surface area contributed by atoms with Crippen molar-refractivity contribution in [1.29, 1.82) is 0 Å². The summed E-state index contributed by atoms with van der Waals surface area (Å²) in [5, 5.41) is 12.4. The van der Waals surface area contributed by atoms with E-state index in [1.54, 1.807) is 12.1 Å². The quantitative estimate of drug-likeness (QED) is 0.805. The van der Waals surface area contributed by atoms with Gasteiger partial charge in [-0.15, -0.1) is 4.91 Å². The van der Waals surface area contributed by atoms with Crippen LogP contribution in [-0.4, -0.2) is 11.1 Å². The van der Waals surface area contributed by atoms with Crippen LogP contribution in [0.25, 0.3) is 0 Å². The summed E-state index contributed by atoms with van der Waals surface area (Å²) in [6.07, 6.45) is 0. The molecule has 0 unspecified atom stereocenters. The molecule has 0 aliphatic carbocycles. The SMILES string of the molecule is CC(C)(C)c1cc(C(=O)O)cc(C(C)(C)C)c1N=O. The largest absolute Gasteiger partial charge is 0.478 e. The number of carboxylic acid groups (broad SMARTS) is 1. The van der Waals surface area contributed by atoms with E-state index in [0.717, 1.165) is 0 Å². The van der Waals surface area contributed by atoms with Gasteiger partial charge in [-0.25, -0.2) is 4.79 Å². The average molecular weight is 263 g/mol. The van der Waals surface area contributed by atoms with Crippen LogP contribution in [0.4, 0.5) is 5.69 Å². The fourth-order valence-electron chi connectivity index (χ4n) is 2.00. The number of hydrogen-bond donors (Lipinski definition) is 1. The minimum atomic E-state index is -0.992. The lowest BCUT2D eigenvalue weighted by atomic mass is 9.78. The normalized spacial score (nSPS) is 12.3. The highest BCUT2D eigenvalue weighted by Crippen LogP contribution is 2.40. The van der Waals surface area contributed by atoms with Gasteiger partial charge in [0.15, 0.2) is 0 Å². The van der Waals surface area contributed by atoms with Crippen LogP contribution in [-0.2, 0) is 10.8 Å². The summed E-state index contributed by atoms with van der Waals surface area (Å²) in [5.74, 6) is -0.992. The summed E-state index contributed by atoms with van der Waals surface area (Å²) in [7, 11) is 0. The highest BCUT2D eigenvalue weighted by molar-refractivity contribution is 5.89. The predicted molar refractivity (Wildman–Crippen MR) is 76.3 cm³/mol. The van der Waals surface area contributed by atoms with Gasteiger partial charge < -0.3 is 5.11 Å². The fourth-order valence-corrected chi connectivity index (χ4v) is 2.00. The van der Waals surface area contributed by atoms with E-state index in [-0.39, 0.29) is 16.4 Å². The summed E-state index contributed by atoms with van der Waals surface area (Å²) < 4.78 is 0. The molecular weight excluding hydrogens is 242 g/mol. The number of rotatable bonds is 2. The molecule has 0 aliphatic heterocycles. The average Bonchev–Trinajstić information content (AvgIpc) is 2.24. The molecule has 0 aromatic heterocycles. The molecule has 0 fully saturated rings. The van der Waals surface area contributed by atoms with Crippen molar-refractivity contribution < 1.29 is 9.90 Å². The second-order valence-electron chi connectivity index (χ2n) is 6.82. The summed E-state index contributed by atoms with van der Waals surface area (Å²) in [6, 6.07) is 3.10. The van der Waals surface area contributed by atoms with Crippen molar-refractivity contribution in [3.05, 3.63) is 33.7 Å². The zero-order valence-corrected chi connectivity index (χ0v) is 12.4. The maximum atomic E-state index is 11.3. The number of carboxylic acids is 1. The van der Waals surface area contributed by atoms with Crippen molar-refractivity contribution in [1.82, 2.24) is 0 Å². The molecule has 1 N–H and O–H groups in total. The Balaban J connectivity index is 3.77. The number of nitrogens with zero attached hydrogens (tertiary/aromatic N) is 1. The predicted octanol–water partition coefficient (Wildman–Crippen LogP) is 4.38.